The molecule has 1 fully saturated rings. The standard InChI is InChI=1S/C13H17NO3S/c1-10-9-14(11(2)8-13(10)15)18(16,17)12-6-4-3-5-7-12/h3-7,10-11H,8-9H2,1-2H3. The summed E-state index contributed by atoms with van der Waals surface area (Å²) in [6, 6.07) is 8.10. The lowest BCUT2D eigenvalue weighted by Gasteiger charge is -2.34. The van der Waals surface area contributed by atoms with Crippen LogP contribution in [0.15, 0.2) is 35.2 Å². The van der Waals surface area contributed by atoms with Gasteiger partial charge in [0.25, 0.3) is 0 Å². The molecule has 2 unspecified atom stereocenters. The third kappa shape index (κ3) is 2.33. The fourth-order valence-electron chi connectivity index (χ4n) is 2.21. The topological polar surface area (TPSA) is 54.5 Å². The molecule has 1 aromatic rings. The van der Waals surface area contributed by atoms with Crippen LogP contribution in [0.5, 0.6) is 0 Å². The number of sulfonamides is 1. The maximum Gasteiger partial charge on any atom is 0.243 e. The van der Waals surface area contributed by atoms with Crippen molar-refractivity contribution >= 4 is 15.8 Å². The number of hydrogen-bond donors (Lipinski definition) is 0. The molecule has 1 heterocycles. The first-order chi connectivity index (χ1) is 8.43. The average molecular weight is 267 g/mol. The number of nitrogens with zero attached hydrogens (tertiary/aromatic N) is 1. The Bertz CT molecular complexity index is 539. The molecule has 0 saturated carbocycles. The molecule has 5 heteroatoms. The Balaban J connectivity index is 2.34. The first-order valence-corrected chi connectivity index (χ1v) is 7.46. The van der Waals surface area contributed by atoms with E-state index in [2.05, 4.69) is 0 Å². The molecule has 98 valence electrons. The van der Waals surface area contributed by atoms with E-state index in [-0.39, 0.29) is 24.3 Å². The van der Waals surface area contributed by atoms with Crippen LogP contribution < -0.4 is 0 Å². The first-order valence-electron chi connectivity index (χ1n) is 6.02. The summed E-state index contributed by atoms with van der Waals surface area (Å²) in [7, 11) is -3.49. The fourth-order valence-corrected chi connectivity index (χ4v) is 3.95. The third-order valence-electron chi connectivity index (χ3n) is 3.34. The van der Waals surface area contributed by atoms with Crippen LogP contribution in [-0.4, -0.2) is 31.1 Å². The van der Waals surface area contributed by atoms with Crippen molar-refractivity contribution in [3.05, 3.63) is 30.3 Å². The van der Waals surface area contributed by atoms with Gasteiger partial charge in [-0.15, -0.1) is 0 Å². The predicted octanol–water partition coefficient (Wildman–Crippen LogP) is 1.67. The predicted molar refractivity (Wildman–Crippen MR) is 68.6 cm³/mol. The van der Waals surface area contributed by atoms with E-state index < -0.39 is 10.0 Å². The Kier molecular flexibility index (Phi) is 3.54. The minimum absolute atomic E-state index is 0.141. The number of hydrogen-bond acceptors (Lipinski definition) is 3. The minimum Gasteiger partial charge on any atom is -0.299 e. The van der Waals surface area contributed by atoms with E-state index in [0.29, 0.717) is 11.3 Å². The Labute approximate surface area is 108 Å². The highest BCUT2D eigenvalue weighted by molar-refractivity contribution is 7.89. The SMILES string of the molecule is CC1CN(S(=O)(=O)c2ccccc2)C(C)CC1=O. The van der Waals surface area contributed by atoms with Gasteiger partial charge in [0.05, 0.1) is 4.90 Å². The summed E-state index contributed by atoms with van der Waals surface area (Å²) in [4.78, 5) is 11.9. The molecule has 2 rings (SSSR count). The lowest BCUT2D eigenvalue weighted by Crippen LogP contribution is -2.48. The van der Waals surface area contributed by atoms with E-state index in [1.54, 1.807) is 44.2 Å². The van der Waals surface area contributed by atoms with Crippen molar-refractivity contribution < 1.29 is 13.2 Å². The molecule has 1 aliphatic heterocycles. The summed E-state index contributed by atoms with van der Waals surface area (Å²) in [5, 5.41) is 0. The van der Waals surface area contributed by atoms with Crippen molar-refractivity contribution in [2.24, 2.45) is 5.92 Å². The molecule has 1 aromatic carbocycles. The van der Waals surface area contributed by atoms with Crippen LogP contribution in [-0.2, 0) is 14.8 Å². The highest BCUT2D eigenvalue weighted by Crippen LogP contribution is 2.25. The highest BCUT2D eigenvalue weighted by atomic mass is 32.2. The van der Waals surface area contributed by atoms with E-state index >= 15 is 0 Å². The minimum atomic E-state index is -3.49. The zero-order valence-corrected chi connectivity index (χ0v) is 11.4. The maximum absolute atomic E-state index is 12.5. The van der Waals surface area contributed by atoms with Crippen LogP contribution in [0, 0.1) is 5.92 Å². The summed E-state index contributed by atoms with van der Waals surface area (Å²) >= 11 is 0. The van der Waals surface area contributed by atoms with Crippen molar-refractivity contribution in [1.29, 1.82) is 0 Å². The van der Waals surface area contributed by atoms with Crippen LogP contribution in [0.25, 0.3) is 0 Å². The molecule has 0 aliphatic carbocycles. The highest BCUT2D eigenvalue weighted by Gasteiger charge is 2.36. The third-order valence-corrected chi connectivity index (χ3v) is 5.34. The van der Waals surface area contributed by atoms with Gasteiger partial charge in [-0.25, -0.2) is 8.42 Å². The number of piperidine rings is 1. The molecule has 0 spiro atoms. The molecule has 2 atom stereocenters. The summed E-state index contributed by atoms with van der Waals surface area (Å²) < 4.78 is 26.4. The Morgan fingerprint density at radius 2 is 1.78 bits per heavy atom. The molecule has 4 nitrogen and oxygen atoms in total. The number of ketones is 1. The van der Waals surface area contributed by atoms with Gasteiger partial charge in [0.2, 0.25) is 10.0 Å². The number of carbonyl (C=O) groups is 1. The molecule has 0 aromatic heterocycles. The molecule has 18 heavy (non-hydrogen) atoms. The second-order valence-electron chi connectivity index (χ2n) is 4.81. The number of Topliss-reactive ketones (excluding diaryl/α,β-unsaturated/α-hetero) is 1. The van der Waals surface area contributed by atoms with Crippen molar-refractivity contribution in [2.75, 3.05) is 6.54 Å². The smallest absolute Gasteiger partial charge is 0.243 e. The van der Waals surface area contributed by atoms with Gasteiger partial charge in [-0.2, -0.15) is 4.31 Å². The molecular weight excluding hydrogens is 250 g/mol. The monoisotopic (exact) mass is 267 g/mol. The fraction of sp³-hybridized carbons (Fsp3) is 0.462. The van der Waals surface area contributed by atoms with Crippen molar-refractivity contribution in [3.8, 4) is 0 Å². The second-order valence-corrected chi connectivity index (χ2v) is 6.70. The quantitative estimate of drug-likeness (QED) is 0.819. The van der Waals surface area contributed by atoms with E-state index in [1.165, 1.54) is 4.31 Å². The van der Waals surface area contributed by atoms with Crippen molar-refractivity contribution in [3.63, 3.8) is 0 Å². The van der Waals surface area contributed by atoms with E-state index in [1.807, 2.05) is 0 Å². The van der Waals surface area contributed by atoms with Crippen molar-refractivity contribution in [1.82, 2.24) is 4.31 Å². The van der Waals surface area contributed by atoms with Gasteiger partial charge in [0.1, 0.15) is 5.78 Å². The zero-order chi connectivity index (χ0) is 13.3. The summed E-state index contributed by atoms with van der Waals surface area (Å²) in [6.45, 7) is 3.84. The molecular formula is C13H17NO3S. The van der Waals surface area contributed by atoms with E-state index in [9.17, 15) is 13.2 Å². The zero-order valence-electron chi connectivity index (χ0n) is 10.5. The molecule has 0 amide bonds. The van der Waals surface area contributed by atoms with Crippen LogP contribution in [0.2, 0.25) is 0 Å². The van der Waals surface area contributed by atoms with Crippen LogP contribution in [0.4, 0.5) is 0 Å². The van der Waals surface area contributed by atoms with E-state index in [0.717, 1.165) is 0 Å². The van der Waals surface area contributed by atoms with Gasteiger partial charge in [0, 0.05) is 24.9 Å². The van der Waals surface area contributed by atoms with Gasteiger partial charge in [-0.1, -0.05) is 25.1 Å². The van der Waals surface area contributed by atoms with Crippen LogP contribution in [0.3, 0.4) is 0 Å². The number of benzene rings is 1. The lowest BCUT2D eigenvalue weighted by molar-refractivity contribution is -0.125. The summed E-state index contributed by atoms with van der Waals surface area (Å²) in [5.41, 5.74) is 0. The molecule has 0 bridgehead atoms. The lowest BCUT2D eigenvalue weighted by atomic mass is 9.96. The van der Waals surface area contributed by atoms with Crippen LogP contribution in [0.1, 0.15) is 20.3 Å². The van der Waals surface area contributed by atoms with E-state index in [4.69, 9.17) is 0 Å². The summed E-state index contributed by atoms with van der Waals surface area (Å²) in [6.07, 6.45) is 0.299. The Morgan fingerprint density at radius 1 is 1.17 bits per heavy atom. The van der Waals surface area contributed by atoms with Crippen LogP contribution >= 0.6 is 0 Å². The largest absolute Gasteiger partial charge is 0.299 e. The van der Waals surface area contributed by atoms with Gasteiger partial charge < -0.3 is 0 Å². The summed E-state index contributed by atoms with van der Waals surface area (Å²) in [5.74, 6) is -0.0818. The second kappa shape index (κ2) is 4.82. The molecule has 0 N–H and O–H groups in total. The van der Waals surface area contributed by atoms with Gasteiger partial charge >= 0.3 is 0 Å². The molecule has 0 radical (unpaired) electrons. The normalized spacial score (nSPS) is 26.2. The Hall–Kier alpha value is -1.20. The number of carbonyl (C=O) groups excluding carboxylic acids is 1. The maximum atomic E-state index is 12.5. The van der Waals surface area contributed by atoms with Gasteiger partial charge in [-0.3, -0.25) is 4.79 Å². The molecule has 1 aliphatic rings. The Morgan fingerprint density at radius 3 is 2.39 bits per heavy atom. The number of rotatable bonds is 2. The van der Waals surface area contributed by atoms with Gasteiger partial charge in [0.15, 0.2) is 0 Å². The average Bonchev–Trinajstić information content (AvgIpc) is 2.34. The first kappa shape index (κ1) is 13.2. The van der Waals surface area contributed by atoms with Crippen molar-refractivity contribution in [2.45, 2.75) is 31.2 Å². The van der Waals surface area contributed by atoms with Gasteiger partial charge in [-0.05, 0) is 19.1 Å². The molecule has 1 saturated heterocycles.